The lowest BCUT2D eigenvalue weighted by Crippen LogP contribution is -2.31. The summed E-state index contributed by atoms with van der Waals surface area (Å²) in [6.07, 6.45) is 0. The molecule has 0 atom stereocenters. The summed E-state index contributed by atoms with van der Waals surface area (Å²) in [7, 11) is -4.15. The minimum Gasteiger partial charge on any atom is -0.433 e. The van der Waals surface area contributed by atoms with Crippen molar-refractivity contribution in [3.8, 4) is 5.75 Å². The number of alkyl halides is 2. The fourth-order valence-corrected chi connectivity index (χ4v) is 4.21. The summed E-state index contributed by atoms with van der Waals surface area (Å²) in [5, 5.41) is 0. The van der Waals surface area contributed by atoms with Gasteiger partial charge >= 0.3 is 6.61 Å². The fraction of sp³-hybridized carbons (Fsp3) is 0.100. The van der Waals surface area contributed by atoms with E-state index in [0.717, 1.165) is 5.56 Å². The number of halogens is 2. The molecule has 0 unspecified atom stereocenters. The Bertz CT molecular complexity index is 980. The van der Waals surface area contributed by atoms with Gasteiger partial charge in [0.05, 0.1) is 12.2 Å². The van der Waals surface area contributed by atoms with Crippen molar-refractivity contribution in [2.24, 2.45) is 0 Å². The first-order valence-electron chi connectivity index (χ1n) is 8.14. The summed E-state index contributed by atoms with van der Waals surface area (Å²) in [5.41, 5.74) is 1.19. The Hall–Kier alpha value is -2.93. The Morgan fingerprint density at radius 2 is 1.37 bits per heavy atom. The second-order valence-electron chi connectivity index (χ2n) is 5.66. The first kappa shape index (κ1) is 18.8. The zero-order valence-corrected chi connectivity index (χ0v) is 15.0. The van der Waals surface area contributed by atoms with Crippen LogP contribution >= 0.6 is 0 Å². The van der Waals surface area contributed by atoms with Crippen molar-refractivity contribution in [1.82, 2.24) is 0 Å². The number of hydrogen-bond donors (Lipinski definition) is 0. The van der Waals surface area contributed by atoms with Crippen LogP contribution in [0.25, 0.3) is 0 Å². The third kappa shape index (κ3) is 4.43. The maximum absolute atomic E-state index is 13.3. The molecule has 3 aromatic rings. The van der Waals surface area contributed by atoms with Gasteiger partial charge in [0.15, 0.2) is 0 Å². The van der Waals surface area contributed by atoms with E-state index in [2.05, 4.69) is 4.74 Å². The Morgan fingerprint density at radius 1 is 0.815 bits per heavy atom. The topological polar surface area (TPSA) is 46.6 Å². The second-order valence-corrected chi connectivity index (χ2v) is 7.49. The van der Waals surface area contributed by atoms with E-state index in [1.54, 1.807) is 54.6 Å². The highest BCUT2D eigenvalue weighted by Crippen LogP contribution is 2.32. The van der Waals surface area contributed by atoms with Crippen LogP contribution in [0.15, 0.2) is 89.8 Å². The van der Waals surface area contributed by atoms with Crippen molar-refractivity contribution in [2.45, 2.75) is 18.1 Å². The smallest absolute Gasteiger partial charge is 0.387 e. The molecule has 7 heteroatoms. The summed E-state index contributed by atoms with van der Waals surface area (Å²) in [4.78, 5) is -0.315. The van der Waals surface area contributed by atoms with Crippen LogP contribution in [0, 0.1) is 0 Å². The molecule has 0 aliphatic heterocycles. The number of ether oxygens (including phenoxy) is 1. The normalized spacial score (nSPS) is 11.4. The number of hydrogen-bond acceptors (Lipinski definition) is 3. The van der Waals surface area contributed by atoms with E-state index in [1.165, 1.54) is 28.6 Å². The Balaban J connectivity index is 2.09. The fourth-order valence-electron chi connectivity index (χ4n) is 2.63. The summed E-state index contributed by atoms with van der Waals surface area (Å²) in [5.74, 6) is -0.388. The Labute approximate surface area is 156 Å². The standard InChI is InChI=1S/C20H17F2NO3S/c21-20(22)26-18-13-7-8-14-19(18)27(24,25)23(17-11-5-2-6-12-17)15-16-9-3-1-4-10-16/h1-14,20H,15H2. The predicted octanol–water partition coefficient (Wildman–Crippen LogP) is 4.68. The summed E-state index contributed by atoms with van der Waals surface area (Å²) in [6, 6.07) is 22.9. The van der Waals surface area contributed by atoms with E-state index < -0.39 is 16.6 Å². The van der Waals surface area contributed by atoms with Crippen molar-refractivity contribution < 1.29 is 21.9 Å². The number of nitrogens with zero attached hydrogens (tertiary/aromatic N) is 1. The van der Waals surface area contributed by atoms with E-state index in [9.17, 15) is 17.2 Å². The molecule has 0 saturated heterocycles. The molecule has 0 N–H and O–H groups in total. The first-order valence-corrected chi connectivity index (χ1v) is 9.58. The highest BCUT2D eigenvalue weighted by molar-refractivity contribution is 7.92. The molecule has 0 radical (unpaired) electrons. The number of rotatable bonds is 7. The molecular weight excluding hydrogens is 372 g/mol. The van der Waals surface area contributed by atoms with Gasteiger partial charge in [0, 0.05) is 0 Å². The van der Waals surface area contributed by atoms with Gasteiger partial charge in [0.2, 0.25) is 0 Å². The van der Waals surface area contributed by atoms with Crippen molar-refractivity contribution in [2.75, 3.05) is 4.31 Å². The van der Waals surface area contributed by atoms with Gasteiger partial charge in [-0.1, -0.05) is 60.7 Å². The van der Waals surface area contributed by atoms with Crippen molar-refractivity contribution in [3.63, 3.8) is 0 Å². The highest BCUT2D eigenvalue weighted by Gasteiger charge is 2.29. The van der Waals surface area contributed by atoms with Crippen LogP contribution in [-0.2, 0) is 16.6 Å². The molecule has 27 heavy (non-hydrogen) atoms. The van der Waals surface area contributed by atoms with Crippen LogP contribution in [0.1, 0.15) is 5.56 Å². The third-order valence-electron chi connectivity index (χ3n) is 3.85. The van der Waals surface area contributed by atoms with E-state index in [0.29, 0.717) is 5.69 Å². The molecule has 0 aliphatic carbocycles. The Morgan fingerprint density at radius 3 is 2.00 bits per heavy atom. The molecule has 0 heterocycles. The van der Waals surface area contributed by atoms with E-state index >= 15 is 0 Å². The molecule has 3 aromatic carbocycles. The number of sulfonamides is 1. The summed E-state index contributed by atoms with van der Waals surface area (Å²) >= 11 is 0. The second kappa shape index (κ2) is 8.18. The first-order chi connectivity index (χ1) is 13.0. The number of anilines is 1. The average molecular weight is 389 g/mol. The number of benzene rings is 3. The molecule has 0 fully saturated rings. The molecule has 140 valence electrons. The zero-order valence-electron chi connectivity index (χ0n) is 14.2. The largest absolute Gasteiger partial charge is 0.433 e. The molecule has 0 spiro atoms. The van der Waals surface area contributed by atoms with Gasteiger partial charge in [-0.25, -0.2) is 8.42 Å². The van der Waals surface area contributed by atoms with E-state index in [-0.39, 0.29) is 17.2 Å². The van der Waals surface area contributed by atoms with Crippen LogP contribution in [0.4, 0.5) is 14.5 Å². The van der Waals surface area contributed by atoms with Crippen molar-refractivity contribution in [1.29, 1.82) is 0 Å². The van der Waals surface area contributed by atoms with Gasteiger partial charge in [-0.15, -0.1) is 0 Å². The maximum atomic E-state index is 13.3. The molecule has 0 bridgehead atoms. The summed E-state index contributed by atoms with van der Waals surface area (Å²) < 4.78 is 57.7. The number of para-hydroxylation sites is 2. The molecule has 0 saturated carbocycles. The van der Waals surface area contributed by atoms with Gasteiger partial charge in [-0.2, -0.15) is 8.78 Å². The zero-order chi connectivity index (χ0) is 19.3. The predicted molar refractivity (Wildman–Crippen MR) is 99.3 cm³/mol. The highest BCUT2D eigenvalue weighted by atomic mass is 32.2. The van der Waals surface area contributed by atoms with Crippen LogP contribution in [0.3, 0.4) is 0 Å². The maximum Gasteiger partial charge on any atom is 0.387 e. The molecule has 3 rings (SSSR count). The average Bonchev–Trinajstić information content (AvgIpc) is 2.67. The van der Waals surface area contributed by atoms with Crippen LogP contribution in [0.5, 0.6) is 5.75 Å². The van der Waals surface area contributed by atoms with Crippen LogP contribution in [-0.4, -0.2) is 15.0 Å². The Kier molecular flexibility index (Phi) is 5.71. The van der Waals surface area contributed by atoms with Gasteiger partial charge in [0.25, 0.3) is 10.0 Å². The minimum absolute atomic E-state index is 0.0518. The lowest BCUT2D eigenvalue weighted by molar-refractivity contribution is -0.0517. The monoisotopic (exact) mass is 389 g/mol. The lowest BCUT2D eigenvalue weighted by atomic mass is 10.2. The minimum atomic E-state index is -4.15. The SMILES string of the molecule is O=S(=O)(c1ccccc1OC(F)F)N(Cc1ccccc1)c1ccccc1. The van der Waals surface area contributed by atoms with Crippen LogP contribution in [0.2, 0.25) is 0 Å². The van der Waals surface area contributed by atoms with Gasteiger partial charge in [-0.3, -0.25) is 4.31 Å². The quantitative estimate of drug-likeness (QED) is 0.589. The summed E-state index contributed by atoms with van der Waals surface area (Å²) in [6.45, 7) is -3.07. The van der Waals surface area contributed by atoms with Crippen LogP contribution < -0.4 is 9.04 Å². The third-order valence-corrected chi connectivity index (χ3v) is 5.66. The molecular formula is C20H17F2NO3S. The molecule has 0 aliphatic rings. The lowest BCUT2D eigenvalue weighted by Gasteiger charge is -2.25. The van der Waals surface area contributed by atoms with Crippen molar-refractivity contribution in [3.05, 3.63) is 90.5 Å². The molecule has 4 nitrogen and oxygen atoms in total. The van der Waals surface area contributed by atoms with Gasteiger partial charge in [-0.05, 0) is 29.8 Å². The van der Waals surface area contributed by atoms with E-state index in [1.807, 2.05) is 6.07 Å². The molecule has 0 amide bonds. The molecule has 0 aromatic heterocycles. The van der Waals surface area contributed by atoms with Gasteiger partial charge < -0.3 is 4.74 Å². The van der Waals surface area contributed by atoms with Gasteiger partial charge in [0.1, 0.15) is 10.6 Å². The van der Waals surface area contributed by atoms with E-state index in [4.69, 9.17) is 0 Å². The van der Waals surface area contributed by atoms with Crippen molar-refractivity contribution >= 4 is 15.7 Å².